The molecule has 4 N–H and O–H groups in total. The number of nitrogens with two attached hydrogens (primary N) is 1. The average molecular weight is 374 g/mol. The highest BCUT2D eigenvalue weighted by molar-refractivity contribution is 9.10. The fraction of sp³-hybridized carbons (Fsp3) is 0.0769. The Bertz CT molecular complexity index is 703. The number of hydrogen-bond acceptors (Lipinski definition) is 6. The Morgan fingerprint density at radius 1 is 1.19 bits per heavy atom. The maximum atomic E-state index is 10.4. The summed E-state index contributed by atoms with van der Waals surface area (Å²) >= 11 is 3.20. The molecule has 0 aliphatic carbocycles. The van der Waals surface area contributed by atoms with Crippen molar-refractivity contribution < 1.29 is 18.1 Å². The van der Waals surface area contributed by atoms with E-state index in [0.717, 1.165) is 10.0 Å². The van der Waals surface area contributed by atoms with Gasteiger partial charge in [-0.3, -0.25) is 5.84 Å². The van der Waals surface area contributed by atoms with Crippen LogP contribution in [0.4, 0.5) is 5.69 Å². The summed E-state index contributed by atoms with van der Waals surface area (Å²) in [7, 11) is -4.27. The van der Waals surface area contributed by atoms with E-state index >= 15 is 0 Å². The van der Waals surface area contributed by atoms with Crippen molar-refractivity contribution in [2.24, 2.45) is 5.84 Å². The Labute approximate surface area is 131 Å². The van der Waals surface area contributed by atoms with Crippen molar-refractivity contribution >= 4 is 31.7 Å². The van der Waals surface area contributed by atoms with Gasteiger partial charge in [0.15, 0.2) is 0 Å². The van der Waals surface area contributed by atoms with Crippen LogP contribution in [0.1, 0.15) is 5.56 Å². The van der Waals surface area contributed by atoms with Crippen LogP contribution in [-0.4, -0.2) is 18.1 Å². The summed E-state index contributed by atoms with van der Waals surface area (Å²) in [5.74, 6) is 5.21. The number of aromatic hydroxyl groups is 1. The van der Waals surface area contributed by atoms with Gasteiger partial charge in [0.2, 0.25) is 0 Å². The molecule has 2 aromatic rings. The molecular weight excluding hydrogens is 360 g/mol. The number of aryl methyl sites for hydroxylation is 1. The molecule has 0 aliphatic heterocycles. The second-order valence-electron chi connectivity index (χ2n) is 4.07. The number of phenolic OH excluding ortho intramolecular Hbond substituents is 1. The molecule has 8 heteroatoms. The minimum Gasteiger partial charge on any atom is -0.744 e. The van der Waals surface area contributed by atoms with E-state index in [1.165, 1.54) is 12.1 Å². The average Bonchev–Trinajstić information content (AvgIpc) is 2.39. The molecule has 0 radical (unpaired) electrons. The van der Waals surface area contributed by atoms with E-state index in [1.54, 1.807) is 30.3 Å². The molecule has 6 nitrogen and oxygen atoms in total. The molecule has 0 spiro atoms. The Hall–Kier alpha value is -1.61. The Morgan fingerprint density at radius 2 is 1.76 bits per heavy atom. The highest BCUT2D eigenvalue weighted by Crippen LogP contribution is 2.25. The Morgan fingerprint density at radius 3 is 2.19 bits per heavy atom. The first-order valence-electron chi connectivity index (χ1n) is 5.71. The van der Waals surface area contributed by atoms with Crippen LogP contribution < -0.4 is 11.3 Å². The summed E-state index contributed by atoms with van der Waals surface area (Å²) in [4.78, 5) is -0.178. The number of phenols is 1. The Kier molecular flexibility index (Phi) is 6.16. The van der Waals surface area contributed by atoms with Gasteiger partial charge in [-0.1, -0.05) is 33.6 Å². The number of hydrogen-bond donors (Lipinski definition) is 3. The van der Waals surface area contributed by atoms with Crippen LogP contribution in [0.15, 0.2) is 51.8 Å². The second-order valence-corrected chi connectivity index (χ2v) is 6.37. The van der Waals surface area contributed by atoms with Crippen LogP contribution in [0.3, 0.4) is 0 Å². The molecule has 0 fully saturated rings. The SMILES string of the molecule is Cc1ccc(S(=O)(=O)[O-])cc1.NNc1ccc(Br)cc1O. The van der Waals surface area contributed by atoms with Crippen molar-refractivity contribution in [2.45, 2.75) is 11.8 Å². The number of nitrogens with one attached hydrogen (secondary N) is 1. The maximum Gasteiger partial charge on any atom is 0.141 e. The van der Waals surface area contributed by atoms with Gasteiger partial charge in [0, 0.05) is 4.47 Å². The van der Waals surface area contributed by atoms with Crippen molar-refractivity contribution in [3.05, 3.63) is 52.5 Å². The van der Waals surface area contributed by atoms with Crippen LogP contribution >= 0.6 is 15.9 Å². The molecule has 0 amide bonds. The number of halogens is 1. The summed E-state index contributed by atoms with van der Waals surface area (Å²) in [6.45, 7) is 1.82. The fourth-order valence-corrected chi connectivity index (χ4v) is 2.15. The van der Waals surface area contributed by atoms with Gasteiger partial charge in [0.1, 0.15) is 15.9 Å². The van der Waals surface area contributed by atoms with E-state index in [1.807, 2.05) is 6.92 Å². The van der Waals surface area contributed by atoms with Crippen LogP contribution in [-0.2, 0) is 10.1 Å². The second kappa shape index (κ2) is 7.41. The molecule has 0 heterocycles. The molecule has 21 heavy (non-hydrogen) atoms. The summed E-state index contributed by atoms with van der Waals surface area (Å²) in [5.41, 5.74) is 3.80. The van der Waals surface area contributed by atoms with Gasteiger partial charge in [-0.2, -0.15) is 0 Å². The molecule has 0 atom stereocenters. The first-order valence-corrected chi connectivity index (χ1v) is 7.92. The molecule has 0 unspecified atom stereocenters. The predicted molar refractivity (Wildman–Crippen MR) is 82.8 cm³/mol. The lowest BCUT2D eigenvalue weighted by molar-refractivity contribution is 0.463. The lowest BCUT2D eigenvalue weighted by Gasteiger charge is -2.05. The van der Waals surface area contributed by atoms with Gasteiger partial charge in [0.25, 0.3) is 0 Å². The highest BCUT2D eigenvalue weighted by Gasteiger charge is 1.98. The van der Waals surface area contributed by atoms with E-state index < -0.39 is 10.1 Å². The number of hydrazine groups is 1. The van der Waals surface area contributed by atoms with E-state index in [4.69, 9.17) is 10.9 Å². The quantitative estimate of drug-likeness (QED) is 0.322. The zero-order chi connectivity index (χ0) is 16.0. The zero-order valence-corrected chi connectivity index (χ0v) is 13.5. The van der Waals surface area contributed by atoms with Gasteiger partial charge in [-0.15, -0.1) is 0 Å². The van der Waals surface area contributed by atoms with E-state index in [0.29, 0.717) is 5.69 Å². The van der Waals surface area contributed by atoms with Gasteiger partial charge in [-0.25, -0.2) is 8.42 Å². The molecule has 2 aromatic carbocycles. The van der Waals surface area contributed by atoms with Crippen molar-refractivity contribution in [2.75, 3.05) is 5.43 Å². The highest BCUT2D eigenvalue weighted by atomic mass is 79.9. The van der Waals surface area contributed by atoms with Crippen LogP contribution in [0.2, 0.25) is 0 Å². The van der Waals surface area contributed by atoms with E-state index in [-0.39, 0.29) is 10.6 Å². The first-order chi connectivity index (χ1) is 9.74. The third-order valence-electron chi connectivity index (χ3n) is 2.42. The molecule has 0 aliphatic rings. The van der Waals surface area contributed by atoms with Crippen molar-refractivity contribution in [1.29, 1.82) is 0 Å². The normalized spacial score (nSPS) is 10.5. The number of benzene rings is 2. The molecule has 0 saturated carbocycles. The Balaban J connectivity index is 0.000000211. The third kappa shape index (κ3) is 5.72. The van der Waals surface area contributed by atoms with Crippen LogP contribution in [0.25, 0.3) is 0 Å². The molecule has 2 rings (SSSR count). The first kappa shape index (κ1) is 17.4. The molecule has 0 aromatic heterocycles. The lowest BCUT2D eigenvalue weighted by atomic mass is 10.2. The molecule has 0 bridgehead atoms. The molecular formula is C13H14BrN2O4S-. The summed E-state index contributed by atoms with van der Waals surface area (Å²) < 4.78 is 32.0. The summed E-state index contributed by atoms with van der Waals surface area (Å²) in [6, 6.07) is 10.8. The van der Waals surface area contributed by atoms with Crippen LogP contribution in [0, 0.1) is 6.92 Å². The van der Waals surface area contributed by atoms with Gasteiger partial charge in [-0.05, 0) is 37.3 Å². The summed E-state index contributed by atoms with van der Waals surface area (Å²) in [5, 5.41) is 9.12. The predicted octanol–water partition coefficient (Wildman–Crippen LogP) is 2.34. The summed E-state index contributed by atoms with van der Waals surface area (Å²) in [6.07, 6.45) is 0. The van der Waals surface area contributed by atoms with E-state index in [2.05, 4.69) is 21.4 Å². The number of nitrogen functional groups attached to an aromatic ring is 1. The minimum absolute atomic E-state index is 0.136. The van der Waals surface area contributed by atoms with E-state index in [9.17, 15) is 13.0 Å². The zero-order valence-electron chi connectivity index (χ0n) is 11.1. The number of rotatable bonds is 2. The smallest absolute Gasteiger partial charge is 0.141 e. The molecule has 114 valence electrons. The van der Waals surface area contributed by atoms with Crippen molar-refractivity contribution in [1.82, 2.24) is 0 Å². The largest absolute Gasteiger partial charge is 0.744 e. The minimum atomic E-state index is -4.27. The third-order valence-corrected chi connectivity index (χ3v) is 3.77. The molecule has 0 saturated heterocycles. The topological polar surface area (TPSA) is 115 Å². The van der Waals surface area contributed by atoms with Gasteiger partial charge >= 0.3 is 0 Å². The lowest BCUT2D eigenvalue weighted by Crippen LogP contribution is -2.06. The standard InChI is InChI=1S/C7H8O3S.C6H7BrN2O/c1-6-2-4-7(5-3-6)11(8,9)10;7-4-1-2-5(9-8)6(10)3-4/h2-5H,1H3,(H,8,9,10);1-3,9-10H,8H2/p-1. The van der Waals surface area contributed by atoms with Gasteiger partial charge < -0.3 is 15.1 Å². The maximum absolute atomic E-state index is 10.4. The van der Waals surface area contributed by atoms with Crippen LogP contribution in [0.5, 0.6) is 5.75 Å². The van der Waals surface area contributed by atoms with Gasteiger partial charge in [0.05, 0.1) is 10.6 Å². The van der Waals surface area contributed by atoms with Crippen molar-refractivity contribution in [3.8, 4) is 5.75 Å². The fourth-order valence-electron chi connectivity index (χ4n) is 1.33. The monoisotopic (exact) mass is 373 g/mol. The van der Waals surface area contributed by atoms with Crippen molar-refractivity contribution in [3.63, 3.8) is 0 Å². The number of anilines is 1.